The molecule has 1 heterocycles. The second-order valence-corrected chi connectivity index (χ2v) is 2.92. The summed E-state index contributed by atoms with van der Waals surface area (Å²) in [6.45, 7) is 7.65. The third kappa shape index (κ3) is 2.00. The molecule has 0 bridgehead atoms. The molecule has 1 atom stereocenters. The molecular formula is C9H15NO2. The van der Waals surface area contributed by atoms with E-state index in [0.717, 1.165) is 19.5 Å². The van der Waals surface area contributed by atoms with Gasteiger partial charge in [-0.25, -0.2) is 0 Å². The van der Waals surface area contributed by atoms with Crippen molar-refractivity contribution in [1.29, 1.82) is 0 Å². The lowest BCUT2D eigenvalue weighted by Crippen LogP contribution is -2.20. The molecule has 12 heavy (non-hydrogen) atoms. The largest absolute Gasteiger partial charge is 0.466 e. The molecular weight excluding hydrogens is 154 g/mol. The fourth-order valence-electron chi connectivity index (χ4n) is 1.41. The van der Waals surface area contributed by atoms with E-state index in [9.17, 15) is 4.79 Å². The Hall–Kier alpha value is -0.990. The van der Waals surface area contributed by atoms with Gasteiger partial charge >= 0.3 is 5.97 Å². The molecule has 1 fully saturated rings. The van der Waals surface area contributed by atoms with Crippen LogP contribution in [-0.4, -0.2) is 30.6 Å². The summed E-state index contributed by atoms with van der Waals surface area (Å²) in [5.74, 6) is -0.00944. The number of hydrogen-bond donors (Lipinski definition) is 0. The van der Waals surface area contributed by atoms with Gasteiger partial charge in [-0.2, -0.15) is 0 Å². The molecule has 0 aromatic carbocycles. The zero-order valence-corrected chi connectivity index (χ0v) is 7.45. The zero-order valence-electron chi connectivity index (χ0n) is 7.45. The SMILES string of the molecule is C=CN1CCC(C(=O)OCC)C1. The highest BCUT2D eigenvalue weighted by Crippen LogP contribution is 2.17. The minimum Gasteiger partial charge on any atom is -0.466 e. The first-order valence-corrected chi connectivity index (χ1v) is 4.31. The van der Waals surface area contributed by atoms with Crippen molar-refractivity contribution >= 4 is 5.97 Å². The molecule has 68 valence electrons. The quantitative estimate of drug-likeness (QED) is 0.591. The average molecular weight is 169 g/mol. The van der Waals surface area contributed by atoms with Crippen molar-refractivity contribution in [2.45, 2.75) is 13.3 Å². The molecule has 0 amide bonds. The molecule has 0 aliphatic carbocycles. The normalized spacial score (nSPS) is 22.4. The average Bonchev–Trinajstić information content (AvgIpc) is 2.52. The standard InChI is InChI=1S/C9H15NO2/c1-3-10-6-5-8(7-10)9(11)12-4-2/h3,8H,1,4-7H2,2H3. The number of nitrogens with zero attached hydrogens (tertiary/aromatic N) is 1. The maximum Gasteiger partial charge on any atom is 0.310 e. The summed E-state index contributed by atoms with van der Waals surface area (Å²) in [4.78, 5) is 13.3. The van der Waals surface area contributed by atoms with Gasteiger partial charge < -0.3 is 9.64 Å². The number of carbonyl (C=O) groups is 1. The van der Waals surface area contributed by atoms with Crippen LogP contribution in [0.3, 0.4) is 0 Å². The van der Waals surface area contributed by atoms with Crippen LogP contribution in [0.4, 0.5) is 0 Å². The van der Waals surface area contributed by atoms with Crippen molar-refractivity contribution in [3.05, 3.63) is 12.8 Å². The Balaban J connectivity index is 2.35. The van der Waals surface area contributed by atoms with E-state index in [4.69, 9.17) is 4.74 Å². The summed E-state index contributed by atoms with van der Waals surface area (Å²) in [6, 6.07) is 0. The third-order valence-electron chi connectivity index (χ3n) is 2.10. The van der Waals surface area contributed by atoms with Crippen LogP contribution in [0.25, 0.3) is 0 Å². The lowest BCUT2D eigenvalue weighted by Gasteiger charge is -2.11. The lowest BCUT2D eigenvalue weighted by molar-refractivity contribution is -0.147. The number of esters is 1. The fraction of sp³-hybridized carbons (Fsp3) is 0.667. The van der Waals surface area contributed by atoms with Crippen LogP contribution in [0.2, 0.25) is 0 Å². The van der Waals surface area contributed by atoms with Crippen LogP contribution in [0.1, 0.15) is 13.3 Å². The maximum absolute atomic E-state index is 11.2. The molecule has 0 aromatic rings. The Morgan fingerprint density at radius 1 is 1.83 bits per heavy atom. The smallest absolute Gasteiger partial charge is 0.310 e. The van der Waals surface area contributed by atoms with E-state index < -0.39 is 0 Å². The predicted molar refractivity (Wildman–Crippen MR) is 46.5 cm³/mol. The molecule has 1 aliphatic heterocycles. The highest BCUT2D eigenvalue weighted by molar-refractivity contribution is 5.73. The molecule has 3 heteroatoms. The summed E-state index contributed by atoms with van der Waals surface area (Å²) in [6.07, 6.45) is 2.67. The van der Waals surface area contributed by atoms with E-state index in [0.29, 0.717) is 6.61 Å². The van der Waals surface area contributed by atoms with Gasteiger partial charge in [0.25, 0.3) is 0 Å². The van der Waals surface area contributed by atoms with Crippen LogP contribution in [0.5, 0.6) is 0 Å². The minimum absolute atomic E-state index is 0.0583. The van der Waals surface area contributed by atoms with E-state index in [2.05, 4.69) is 6.58 Å². The fourth-order valence-corrected chi connectivity index (χ4v) is 1.41. The maximum atomic E-state index is 11.2. The highest BCUT2D eigenvalue weighted by Gasteiger charge is 2.27. The number of likely N-dealkylation sites (tertiary alicyclic amines) is 1. The van der Waals surface area contributed by atoms with E-state index in [1.807, 2.05) is 11.8 Å². The van der Waals surface area contributed by atoms with Crippen molar-refractivity contribution in [1.82, 2.24) is 4.90 Å². The molecule has 0 N–H and O–H groups in total. The van der Waals surface area contributed by atoms with E-state index >= 15 is 0 Å². The molecule has 0 aromatic heterocycles. The highest BCUT2D eigenvalue weighted by atomic mass is 16.5. The van der Waals surface area contributed by atoms with Crippen molar-refractivity contribution in [3.63, 3.8) is 0 Å². The van der Waals surface area contributed by atoms with Crippen LogP contribution in [0.15, 0.2) is 12.8 Å². The first-order chi connectivity index (χ1) is 5.77. The molecule has 0 saturated carbocycles. The summed E-state index contributed by atoms with van der Waals surface area (Å²) >= 11 is 0. The molecule has 1 aliphatic rings. The third-order valence-corrected chi connectivity index (χ3v) is 2.10. The number of hydrogen-bond acceptors (Lipinski definition) is 3. The van der Waals surface area contributed by atoms with Crippen molar-refractivity contribution in [3.8, 4) is 0 Å². The molecule has 1 unspecified atom stereocenters. The second kappa shape index (κ2) is 4.14. The summed E-state index contributed by atoms with van der Waals surface area (Å²) in [5.41, 5.74) is 0. The van der Waals surface area contributed by atoms with E-state index in [-0.39, 0.29) is 11.9 Å². The van der Waals surface area contributed by atoms with Gasteiger partial charge in [0.05, 0.1) is 12.5 Å². The molecule has 1 saturated heterocycles. The molecule has 0 spiro atoms. The van der Waals surface area contributed by atoms with E-state index in [1.165, 1.54) is 0 Å². The van der Waals surface area contributed by atoms with Crippen molar-refractivity contribution in [2.75, 3.05) is 19.7 Å². The monoisotopic (exact) mass is 169 g/mol. The van der Waals surface area contributed by atoms with Gasteiger partial charge in [0.1, 0.15) is 0 Å². The Morgan fingerprint density at radius 3 is 3.08 bits per heavy atom. The summed E-state index contributed by atoms with van der Waals surface area (Å²) in [5, 5.41) is 0. The number of ether oxygens (including phenoxy) is 1. The summed E-state index contributed by atoms with van der Waals surface area (Å²) in [7, 11) is 0. The molecule has 1 rings (SSSR count). The minimum atomic E-state index is -0.0677. The van der Waals surface area contributed by atoms with Crippen LogP contribution in [-0.2, 0) is 9.53 Å². The first kappa shape index (κ1) is 9.10. The van der Waals surface area contributed by atoms with Crippen LogP contribution < -0.4 is 0 Å². The molecule has 3 nitrogen and oxygen atoms in total. The van der Waals surface area contributed by atoms with Gasteiger partial charge in [0.2, 0.25) is 0 Å². The van der Waals surface area contributed by atoms with Gasteiger partial charge in [-0.15, -0.1) is 0 Å². The topological polar surface area (TPSA) is 29.5 Å². The van der Waals surface area contributed by atoms with E-state index in [1.54, 1.807) is 6.20 Å². The van der Waals surface area contributed by atoms with Crippen molar-refractivity contribution in [2.24, 2.45) is 5.92 Å². The van der Waals surface area contributed by atoms with Gasteiger partial charge in [0.15, 0.2) is 0 Å². The number of rotatable bonds is 3. The van der Waals surface area contributed by atoms with Gasteiger partial charge in [-0.3, -0.25) is 4.79 Å². The Kier molecular flexibility index (Phi) is 3.14. The van der Waals surface area contributed by atoms with Gasteiger partial charge in [0, 0.05) is 13.1 Å². The van der Waals surface area contributed by atoms with Gasteiger partial charge in [-0.05, 0) is 19.5 Å². The lowest BCUT2D eigenvalue weighted by atomic mass is 10.1. The zero-order chi connectivity index (χ0) is 8.97. The Morgan fingerprint density at radius 2 is 2.58 bits per heavy atom. The van der Waals surface area contributed by atoms with Crippen molar-refractivity contribution < 1.29 is 9.53 Å². The first-order valence-electron chi connectivity index (χ1n) is 4.31. The van der Waals surface area contributed by atoms with Crippen LogP contribution >= 0.6 is 0 Å². The second-order valence-electron chi connectivity index (χ2n) is 2.92. The summed E-state index contributed by atoms with van der Waals surface area (Å²) < 4.78 is 4.92. The number of carbonyl (C=O) groups excluding carboxylic acids is 1. The Bertz CT molecular complexity index is 179. The van der Waals surface area contributed by atoms with Gasteiger partial charge in [-0.1, -0.05) is 6.58 Å². The Labute approximate surface area is 73.0 Å². The molecule has 0 radical (unpaired) electrons. The van der Waals surface area contributed by atoms with Crippen LogP contribution in [0, 0.1) is 5.92 Å². The predicted octanol–water partition coefficient (Wildman–Crippen LogP) is 1.01.